The predicted octanol–water partition coefficient (Wildman–Crippen LogP) is -2.10. The number of esters is 1. The molecule has 4 unspecified atom stereocenters. The van der Waals surface area contributed by atoms with Crippen LogP contribution < -0.4 is 0 Å². The van der Waals surface area contributed by atoms with Crippen molar-refractivity contribution in [1.29, 1.82) is 0 Å². The molecule has 0 amide bonds. The summed E-state index contributed by atoms with van der Waals surface area (Å²) in [6, 6.07) is 0. The Morgan fingerprint density at radius 3 is 2.17 bits per heavy atom. The Morgan fingerprint density at radius 1 is 1.00 bits per heavy atom. The van der Waals surface area contributed by atoms with Crippen molar-refractivity contribution < 1.29 is 45.3 Å². The lowest BCUT2D eigenvalue weighted by Gasteiger charge is -2.73. The first-order valence-corrected chi connectivity index (χ1v) is 10.2. The van der Waals surface area contributed by atoms with E-state index in [0.29, 0.717) is 0 Å². The molecule has 4 fully saturated rings. The van der Waals surface area contributed by atoms with Crippen LogP contribution in [-0.4, -0.2) is 89.5 Å². The zero-order valence-electron chi connectivity index (χ0n) is 17.1. The van der Waals surface area contributed by atoms with Crippen LogP contribution in [0.5, 0.6) is 0 Å². The minimum atomic E-state index is -2.14. The number of aliphatic hydroxyl groups excluding tert-OH is 5. The van der Waals surface area contributed by atoms with Gasteiger partial charge in [-0.25, -0.2) is 4.79 Å². The normalized spacial score (nSPS) is 64.7. The topological polar surface area (TPSA) is 168 Å². The van der Waals surface area contributed by atoms with E-state index in [4.69, 9.17) is 4.74 Å². The number of hydrogen-bond donors (Lipinski definition) is 7. The number of aliphatic hydroxyl groups is 7. The highest BCUT2D eigenvalue weighted by atomic mass is 16.6. The van der Waals surface area contributed by atoms with Crippen molar-refractivity contribution in [2.45, 2.75) is 88.4 Å². The highest BCUT2D eigenvalue weighted by Gasteiger charge is 2.80. The smallest absolute Gasteiger partial charge is 0.338 e. The Balaban J connectivity index is 1.99. The highest BCUT2D eigenvalue weighted by molar-refractivity contribution is 5.78. The molecule has 9 heteroatoms. The Hall–Kier alpha value is -0.810. The van der Waals surface area contributed by atoms with Crippen molar-refractivity contribution in [3.8, 4) is 0 Å². The molecule has 4 aliphatic rings. The minimum absolute atomic E-state index is 0.0661. The van der Waals surface area contributed by atoms with Crippen LogP contribution in [0.2, 0.25) is 0 Å². The van der Waals surface area contributed by atoms with Crippen LogP contribution in [0, 0.1) is 28.6 Å². The van der Waals surface area contributed by atoms with Crippen LogP contribution in [0.4, 0.5) is 0 Å². The van der Waals surface area contributed by atoms with E-state index in [9.17, 15) is 40.5 Å². The molecule has 13 atom stereocenters. The number of ether oxygens (including phenoxy) is 1. The molecule has 1 aliphatic heterocycles. The van der Waals surface area contributed by atoms with Crippen molar-refractivity contribution in [2.75, 3.05) is 0 Å². The number of hydrogen-bond acceptors (Lipinski definition) is 9. The first kappa shape index (κ1) is 21.4. The van der Waals surface area contributed by atoms with Crippen molar-refractivity contribution in [3.05, 3.63) is 0 Å². The lowest BCUT2D eigenvalue weighted by atomic mass is 9.35. The quantitative estimate of drug-likeness (QED) is 0.219. The highest BCUT2D eigenvalue weighted by Crippen LogP contribution is 2.70. The lowest BCUT2D eigenvalue weighted by Crippen LogP contribution is -2.84. The molecule has 0 aromatic carbocycles. The number of carbonyl (C=O) groups is 1. The Morgan fingerprint density at radius 2 is 1.59 bits per heavy atom. The van der Waals surface area contributed by atoms with Gasteiger partial charge in [0.05, 0.1) is 30.0 Å². The molecule has 1 heterocycles. The number of carbonyl (C=O) groups excluding carboxylic acids is 1. The summed E-state index contributed by atoms with van der Waals surface area (Å²) in [7, 11) is 0. The summed E-state index contributed by atoms with van der Waals surface area (Å²) >= 11 is 0. The summed E-state index contributed by atoms with van der Waals surface area (Å²) in [6.45, 7) is 6.16. The lowest BCUT2D eigenvalue weighted by molar-refractivity contribution is -0.378. The van der Waals surface area contributed by atoms with Gasteiger partial charge in [0, 0.05) is 29.1 Å². The molecule has 0 aromatic rings. The van der Waals surface area contributed by atoms with Crippen LogP contribution in [0.3, 0.4) is 0 Å². The van der Waals surface area contributed by atoms with Crippen LogP contribution in [0.15, 0.2) is 0 Å². The molecule has 0 aromatic heterocycles. The van der Waals surface area contributed by atoms with E-state index in [0.717, 1.165) is 0 Å². The van der Waals surface area contributed by atoms with Crippen molar-refractivity contribution in [3.63, 3.8) is 0 Å². The summed E-state index contributed by atoms with van der Waals surface area (Å²) in [4.78, 5) is 12.4. The van der Waals surface area contributed by atoms with E-state index in [1.165, 1.54) is 13.8 Å². The van der Waals surface area contributed by atoms with Gasteiger partial charge in [-0.2, -0.15) is 0 Å². The first-order chi connectivity index (χ1) is 13.2. The van der Waals surface area contributed by atoms with Gasteiger partial charge in [0.2, 0.25) is 0 Å². The molecule has 3 saturated carbocycles. The molecule has 9 nitrogen and oxygen atoms in total. The molecule has 29 heavy (non-hydrogen) atoms. The van der Waals surface area contributed by atoms with Crippen LogP contribution in [-0.2, 0) is 9.53 Å². The zero-order chi connectivity index (χ0) is 21.9. The standard InChI is InChI=1S/C20H32O9/c1-7-11(22)12(23)13-18(3)9(17(2,27)6-8(21)14(18)24)5-10-19(13,4)20(7,28)15(25)16(26)29-10/h7-15,21-25,27-28H,5-6H2,1-4H3/t7?,8-,9?,10+,11+,12+,13?,14+,15-,17?,18-,19+,20-/m0/s1. The van der Waals surface area contributed by atoms with Crippen LogP contribution >= 0.6 is 0 Å². The van der Waals surface area contributed by atoms with Gasteiger partial charge >= 0.3 is 5.97 Å². The Kier molecular flexibility index (Phi) is 4.36. The molecule has 3 aliphatic carbocycles. The number of fused-ring (bicyclic) bond motifs is 2. The maximum absolute atomic E-state index is 12.4. The molecule has 0 radical (unpaired) electrons. The average molecular weight is 416 g/mol. The van der Waals surface area contributed by atoms with E-state index in [2.05, 4.69) is 0 Å². The first-order valence-electron chi connectivity index (χ1n) is 10.2. The molecular formula is C20H32O9. The van der Waals surface area contributed by atoms with Gasteiger partial charge in [0.15, 0.2) is 6.10 Å². The molecule has 166 valence electrons. The molecule has 7 N–H and O–H groups in total. The summed E-state index contributed by atoms with van der Waals surface area (Å²) < 4.78 is 5.49. The molecule has 1 saturated heterocycles. The van der Waals surface area contributed by atoms with Crippen LogP contribution in [0.25, 0.3) is 0 Å². The third-order valence-corrected chi connectivity index (χ3v) is 9.22. The van der Waals surface area contributed by atoms with Gasteiger partial charge < -0.3 is 40.5 Å². The van der Waals surface area contributed by atoms with Gasteiger partial charge in [-0.05, 0) is 19.3 Å². The van der Waals surface area contributed by atoms with Gasteiger partial charge in [-0.1, -0.05) is 20.8 Å². The second kappa shape index (κ2) is 5.91. The van der Waals surface area contributed by atoms with Gasteiger partial charge in [0.1, 0.15) is 11.7 Å². The fourth-order valence-corrected chi connectivity index (χ4v) is 7.75. The fraction of sp³-hybridized carbons (Fsp3) is 0.950. The van der Waals surface area contributed by atoms with Crippen LogP contribution in [0.1, 0.15) is 40.5 Å². The zero-order valence-corrected chi connectivity index (χ0v) is 17.1. The van der Waals surface area contributed by atoms with Gasteiger partial charge in [-0.15, -0.1) is 0 Å². The maximum atomic E-state index is 12.4. The minimum Gasteiger partial charge on any atom is -0.460 e. The van der Waals surface area contributed by atoms with Crippen molar-refractivity contribution >= 4 is 5.97 Å². The molecule has 4 rings (SSSR count). The Bertz CT molecular complexity index is 727. The Labute approximate surface area is 168 Å². The van der Waals surface area contributed by atoms with E-state index in [-0.39, 0.29) is 12.8 Å². The van der Waals surface area contributed by atoms with Gasteiger partial charge in [-0.3, -0.25) is 0 Å². The molecular weight excluding hydrogens is 384 g/mol. The van der Waals surface area contributed by atoms with Gasteiger partial charge in [0.25, 0.3) is 0 Å². The molecule has 0 bridgehead atoms. The predicted molar refractivity (Wildman–Crippen MR) is 97.1 cm³/mol. The summed E-state index contributed by atoms with van der Waals surface area (Å²) in [5, 5.41) is 77.0. The summed E-state index contributed by atoms with van der Waals surface area (Å²) in [5.74, 6) is -3.90. The van der Waals surface area contributed by atoms with E-state index in [1.807, 2.05) is 0 Å². The monoisotopic (exact) mass is 416 g/mol. The average Bonchev–Trinajstić information content (AvgIpc) is 2.63. The third kappa shape index (κ3) is 2.17. The third-order valence-electron chi connectivity index (χ3n) is 9.22. The SMILES string of the molecule is CC1[C@@H](O)[C@@H](O)C2[C@]3(C)C(C[C@H]4OC(=O)[C@H](O)[C@]1(O)[C@@]24C)C(C)(O)C[C@H](O)[C@H]3O. The largest absolute Gasteiger partial charge is 0.460 e. The van der Waals surface area contributed by atoms with Crippen molar-refractivity contribution in [1.82, 2.24) is 0 Å². The fourth-order valence-electron chi connectivity index (χ4n) is 7.75. The maximum Gasteiger partial charge on any atom is 0.338 e. The summed E-state index contributed by atoms with van der Waals surface area (Å²) in [6.07, 6.45) is -8.59. The second-order valence-electron chi connectivity index (χ2n) is 10.4. The number of rotatable bonds is 0. The second-order valence-corrected chi connectivity index (χ2v) is 10.4. The molecule has 0 spiro atoms. The van der Waals surface area contributed by atoms with E-state index >= 15 is 0 Å². The van der Waals surface area contributed by atoms with E-state index in [1.54, 1.807) is 13.8 Å². The summed E-state index contributed by atoms with van der Waals surface area (Å²) in [5.41, 5.74) is -6.39. The van der Waals surface area contributed by atoms with Crippen molar-refractivity contribution in [2.24, 2.45) is 28.6 Å². The van der Waals surface area contributed by atoms with E-state index < -0.39 is 82.4 Å².